The highest BCUT2D eigenvalue weighted by Gasteiger charge is 2.50. The largest absolute Gasteiger partial charge is 0.330 e. The monoisotopic (exact) mass is 481 g/mol. The van der Waals surface area contributed by atoms with Crippen LogP contribution in [0.4, 0.5) is 23.7 Å². The Kier molecular flexibility index (Phi) is 5.75. The number of rotatable bonds is 4. The van der Waals surface area contributed by atoms with Crippen LogP contribution in [0.1, 0.15) is 31.2 Å². The third-order valence-corrected chi connectivity index (χ3v) is 7.47. The molecule has 9 heteroatoms. The van der Waals surface area contributed by atoms with E-state index in [0.29, 0.717) is 12.2 Å². The van der Waals surface area contributed by atoms with Crippen molar-refractivity contribution in [1.29, 1.82) is 0 Å². The zero-order valence-corrected chi connectivity index (χ0v) is 19.6. The van der Waals surface area contributed by atoms with Crippen LogP contribution in [-0.2, 0) is 5.54 Å². The Labute approximate surface area is 201 Å². The van der Waals surface area contributed by atoms with E-state index in [4.69, 9.17) is 0 Å². The van der Waals surface area contributed by atoms with Crippen molar-refractivity contribution < 1.29 is 18.0 Å². The Morgan fingerprint density at radius 2 is 1.54 bits per heavy atom. The van der Waals surface area contributed by atoms with Gasteiger partial charge >= 0.3 is 6.03 Å². The molecule has 2 amide bonds. The van der Waals surface area contributed by atoms with Gasteiger partial charge in [0.2, 0.25) is 0 Å². The molecule has 0 bridgehead atoms. The fourth-order valence-electron chi connectivity index (χ4n) is 5.38. The molecule has 1 spiro atoms. The van der Waals surface area contributed by atoms with Crippen molar-refractivity contribution in [2.75, 3.05) is 25.5 Å². The Morgan fingerprint density at radius 1 is 0.943 bits per heavy atom. The van der Waals surface area contributed by atoms with Crippen molar-refractivity contribution in [2.24, 2.45) is 0 Å². The molecule has 2 fully saturated rings. The van der Waals surface area contributed by atoms with Crippen LogP contribution < -0.4 is 10.2 Å². The second-order valence-electron chi connectivity index (χ2n) is 9.61. The molecule has 1 saturated heterocycles. The molecule has 1 aliphatic carbocycles. The molecule has 35 heavy (non-hydrogen) atoms. The zero-order chi connectivity index (χ0) is 24.8. The number of hydrogen-bond acceptors (Lipinski definition) is 4. The topological polar surface area (TPSA) is 61.4 Å². The first-order valence-electron chi connectivity index (χ1n) is 11.5. The van der Waals surface area contributed by atoms with Crippen molar-refractivity contribution in [1.82, 2.24) is 20.2 Å². The number of nitrogens with zero attached hydrogens (tertiary/aromatic N) is 4. The van der Waals surface area contributed by atoms with Crippen molar-refractivity contribution in [3.05, 3.63) is 77.9 Å². The second-order valence-corrected chi connectivity index (χ2v) is 9.61. The number of urea groups is 1. The molecule has 2 aliphatic rings. The standard InChI is InChI=1S/C26H26F3N5O/c1-33(2)26(18-6-4-3-5-7-18)10-8-25(9-11-26)16-34(24(35)32-25)19-14-30-23(31-15-19)17-12-20(27)22(29)21(28)13-17/h3-7,12-15H,8-11,16H2,1-2H3,(H,32,35). The van der Waals surface area contributed by atoms with Crippen LogP contribution in [-0.4, -0.2) is 47.1 Å². The molecule has 0 radical (unpaired) electrons. The summed E-state index contributed by atoms with van der Waals surface area (Å²) in [5.74, 6) is -4.12. The van der Waals surface area contributed by atoms with E-state index in [-0.39, 0.29) is 28.5 Å². The van der Waals surface area contributed by atoms with Gasteiger partial charge in [0.15, 0.2) is 23.3 Å². The highest BCUT2D eigenvalue weighted by atomic mass is 19.2. The Bertz CT molecular complexity index is 1220. The maximum Gasteiger partial charge on any atom is 0.322 e. The molecule has 0 unspecified atom stereocenters. The van der Waals surface area contributed by atoms with Crippen LogP contribution >= 0.6 is 0 Å². The molecular formula is C26H26F3N5O. The highest BCUT2D eigenvalue weighted by Crippen LogP contribution is 2.46. The molecule has 2 aromatic carbocycles. The molecule has 1 saturated carbocycles. The number of nitrogens with one attached hydrogen (secondary N) is 1. The molecule has 1 N–H and O–H groups in total. The predicted octanol–water partition coefficient (Wildman–Crippen LogP) is 4.86. The van der Waals surface area contributed by atoms with E-state index in [1.165, 1.54) is 18.0 Å². The van der Waals surface area contributed by atoms with Crippen LogP contribution in [0, 0.1) is 17.5 Å². The van der Waals surface area contributed by atoms with Gasteiger partial charge in [-0.05, 0) is 57.5 Å². The minimum Gasteiger partial charge on any atom is -0.330 e. The van der Waals surface area contributed by atoms with Crippen molar-refractivity contribution in [3.8, 4) is 11.4 Å². The molecule has 3 aromatic rings. The van der Waals surface area contributed by atoms with E-state index < -0.39 is 17.5 Å². The lowest BCUT2D eigenvalue weighted by Gasteiger charge is -2.48. The van der Waals surface area contributed by atoms with Crippen molar-refractivity contribution >= 4 is 11.7 Å². The van der Waals surface area contributed by atoms with Gasteiger partial charge in [0.05, 0.1) is 30.2 Å². The number of halogens is 3. The molecule has 1 aliphatic heterocycles. The van der Waals surface area contributed by atoms with Crippen LogP contribution in [0.5, 0.6) is 0 Å². The average Bonchev–Trinajstić information content (AvgIpc) is 3.19. The summed E-state index contributed by atoms with van der Waals surface area (Å²) in [6.45, 7) is 0.479. The SMILES string of the molecule is CN(C)C1(c2ccccc2)CCC2(CC1)CN(c1cnc(-c3cc(F)c(F)c(F)c3)nc1)C(=O)N2. The van der Waals surface area contributed by atoms with Gasteiger partial charge in [-0.2, -0.15) is 0 Å². The van der Waals surface area contributed by atoms with Gasteiger partial charge in [-0.25, -0.2) is 27.9 Å². The van der Waals surface area contributed by atoms with Gasteiger partial charge in [0.1, 0.15) is 0 Å². The van der Waals surface area contributed by atoms with Gasteiger partial charge in [-0.1, -0.05) is 30.3 Å². The normalized spacial score (nSPS) is 24.3. The predicted molar refractivity (Wildman–Crippen MR) is 126 cm³/mol. The summed E-state index contributed by atoms with van der Waals surface area (Å²) in [6, 6.07) is 11.9. The average molecular weight is 482 g/mol. The summed E-state index contributed by atoms with van der Waals surface area (Å²) in [7, 11) is 4.20. The minimum atomic E-state index is -1.54. The van der Waals surface area contributed by atoms with Crippen molar-refractivity contribution in [3.63, 3.8) is 0 Å². The van der Waals surface area contributed by atoms with E-state index in [0.717, 1.165) is 37.8 Å². The quantitative estimate of drug-likeness (QED) is 0.541. The maximum absolute atomic E-state index is 13.6. The van der Waals surface area contributed by atoms with Gasteiger partial charge in [0, 0.05) is 11.1 Å². The summed E-state index contributed by atoms with van der Waals surface area (Å²) < 4.78 is 40.4. The molecule has 2 heterocycles. The molecule has 5 rings (SSSR count). The van der Waals surface area contributed by atoms with E-state index in [1.54, 1.807) is 4.90 Å². The smallest absolute Gasteiger partial charge is 0.322 e. The number of amides is 2. The lowest BCUT2D eigenvalue weighted by atomic mass is 9.69. The van der Waals surface area contributed by atoms with Crippen LogP contribution in [0.3, 0.4) is 0 Å². The first kappa shape index (κ1) is 23.3. The van der Waals surface area contributed by atoms with Crippen LogP contribution in [0.2, 0.25) is 0 Å². The number of carbonyl (C=O) groups is 1. The van der Waals surface area contributed by atoms with E-state index >= 15 is 0 Å². The Morgan fingerprint density at radius 3 is 2.11 bits per heavy atom. The molecule has 6 nitrogen and oxygen atoms in total. The number of hydrogen-bond donors (Lipinski definition) is 1. The lowest BCUT2D eigenvalue weighted by molar-refractivity contribution is 0.0658. The fourth-order valence-corrected chi connectivity index (χ4v) is 5.38. The summed E-state index contributed by atoms with van der Waals surface area (Å²) in [4.78, 5) is 25.1. The van der Waals surface area contributed by atoms with Crippen LogP contribution in [0.25, 0.3) is 11.4 Å². The minimum absolute atomic E-state index is 0.0171. The maximum atomic E-state index is 13.6. The van der Waals surface area contributed by atoms with E-state index in [1.807, 2.05) is 6.07 Å². The summed E-state index contributed by atoms with van der Waals surface area (Å²) in [5.41, 5.74) is 1.34. The first-order chi connectivity index (χ1) is 16.7. The number of carbonyl (C=O) groups excluding carboxylic acids is 1. The van der Waals surface area contributed by atoms with Gasteiger partial charge in [-0.15, -0.1) is 0 Å². The van der Waals surface area contributed by atoms with E-state index in [2.05, 4.69) is 58.5 Å². The fraction of sp³-hybridized carbons (Fsp3) is 0.346. The number of anilines is 1. The van der Waals surface area contributed by atoms with Gasteiger partial charge in [-0.3, -0.25) is 9.80 Å². The second kappa shape index (κ2) is 8.64. The van der Waals surface area contributed by atoms with Gasteiger partial charge < -0.3 is 5.32 Å². The molecule has 1 aromatic heterocycles. The third-order valence-electron chi connectivity index (χ3n) is 7.47. The Hall–Kier alpha value is -3.46. The highest BCUT2D eigenvalue weighted by molar-refractivity contribution is 5.95. The molecule has 182 valence electrons. The summed E-state index contributed by atoms with van der Waals surface area (Å²) >= 11 is 0. The van der Waals surface area contributed by atoms with Crippen LogP contribution in [0.15, 0.2) is 54.9 Å². The number of benzene rings is 2. The van der Waals surface area contributed by atoms with Crippen molar-refractivity contribution in [2.45, 2.75) is 36.8 Å². The first-order valence-corrected chi connectivity index (χ1v) is 11.5. The molecule has 0 atom stereocenters. The lowest BCUT2D eigenvalue weighted by Crippen LogP contribution is -2.54. The Balaban J connectivity index is 1.33. The van der Waals surface area contributed by atoms with E-state index in [9.17, 15) is 18.0 Å². The third kappa shape index (κ3) is 4.03. The summed E-state index contributed by atoms with van der Waals surface area (Å²) in [5, 5.41) is 3.19. The van der Waals surface area contributed by atoms with Gasteiger partial charge in [0.25, 0.3) is 0 Å². The zero-order valence-electron chi connectivity index (χ0n) is 19.6. The summed E-state index contributed by atoms with van der Waals surface area (Å²) in [6.07, 6.45) is 6.31. The number of aromatic nitrogens is 2. The molecular weight excluding hydrogens is 455 g/mol.